The van der Waals surface area contributed by atoms with Crippen LogP contribution in [0.15, 0.2) is 48.5 Å². The number of anilines is 1. The molecule has 2 amide bonds. The summed E-state index contributed by atoms with van der Waals surface area (Å²) < 4.78 is 15.1. The monoisotopic (exact) mass is 406 g/mol. The molecule has 154 valence electrons. The Bertz CT molecular complexity index is 1090. The average Bonchev–Trinajstić information content (AvgIpc) is 3.12. The fourth-order valence-electron chi connectivity index (χ4n) is 3.81. The van der Waals surface area contributed by atoms with Gasteiger partial charge in [0.15, 0.2) is 5.69 Å². The second kappa shape index (κ2) is 8.49. The van der Waals surface area contributed by atoms with Crippen molar-refractivity contribution in [3.05, 3.63) is 76.9 Å². The van der Waals surface area contributed by atoms with Gasteiger partial charge < -0.3 is 10.6 Å². The van der Waals surface area contributed by atoms with Crippen LogP contribution in [0.25, 0.3) is 5.69 Å². The molecular formula is C23H23FN4O2. The highest BCUT2D eigenvalue weighted by atomic mass is 19.1. The number of benzene rings is 2. The minimum absolute atomic E-state index is 0.144. The number of amides is 2. The van der Waals surface area contributed by atoms with E-state index in [0.717, 1.165) is 48.2 Å². The Morgan fingerprint density at radius 3 is 2.63 bits per heavy atom. The van der Waals surface area contributed by atoms with Crippen LogP contribution >= 0.6 is 0 Å². The van der Waals surface area contributed by atoms with Crippen molar-refractivity contribution in [1.82, 2.24) is 15.1 Å². The summed E-state index contributed by atoms with van der Waals surface area (Å²) in [5.74, 6) is -0.688. The molecule has 0 saturated heterocycles. The molecular weight excluding hydrogens is 383 g/mol. The Kier molecular flexibility index (Phi) is 5.61. The highest BCUT2D eigenvalue weighted by Crippen LogP contribution is 2.27. The second-order valence-corrected chi connectivity index (χ2v) is 7.43. The van der Waals surface area contributed by atoms with E-state index < -0.39 is 0 Å². The molecule has 0 saturated carbocycles. The van der Waals surface area contributed by atoms with Gasteiger partial charge in [0.25, 0.3) is 5.91 Å². The number of aromatic nitrogens is 2. The molecule has 30 heavy (non-hydrogen) atoms. The fourth-order valence-corrected chi connectivity index (χ4v) is 3.81. The quantitative estimate of drug-likeness (QED) is 0.677. The molecule has 4 rings (SSSR count). The van der Waals surface area contributed by atoms with Gasteiger partial charge in [-0.05, 0) is 67.6 Å². The third-order valence-electron chi connectivity index (χ3n) is 5.17. The second-order valence-electron chi connectivity index (χ2n) is 7.43. The normalized spacial score (nSPS) is 12.9. The van der Waals surface area contributed by atoms with Crippen molar-refractivity contribution in [3.8, 4) is 5.69 Å². The maximum absolute atomic E-state index is 13.3. The van der Waals surface area contributed by atoms with Crippen LogP contribution in [0.2, 0.25) is 0 Å². The molecule has 0 bridgehead atoms. The van der Waals surface area contributed by atoms with E-state index in [1.54, 1.807) is 22.9 Å². The van der Waals surface area contributed by atoms with Gasteiger partial charge in [-0.15, -0.1) is 0 Å². The van der Waals surface area contributed by atoms with E-state index in [0.29, 0.717) is 17.9 Å². The van der Waals surface area contributed by atoms with Crippen molar-refractivity contribution in [2.75, 3.05) is 5.32 Å². The number of halogens is 1. The smallest absolute Gasteiger partial charge is 0.272 e. The standard InChI is InChI=1S/C23H23FN4O2/c1-15(29)26-18-6-4-5-16(13-18)14-25-23(30)22-20-7-2-3-8-21(20)28(27-22)19-11-9-17(24)10-12-19/h4-6,9-13H,2-3,7-8,14H2,1H3,(H,25,30)(H,26,29). The highest BCUT2D eigenvalue weighted by molar-refractivity contribution is 5.94. The summed E-state index contributed by atoms with van der Waals surface area (Å²) in [5, 5.41) is 10.3. The molecule has 0 aliphatic heterocycles. The maximum atomic E-state index is 13.3. The summed E-state index contributed by atoms with van der Waals surface area (Å²) >= 11 is 0. The molecule has 0 atom stereocenters. The summed E-state index contributed by atoms with van der Waals surface area (Å²) in [6.07, 6.45) is 3.70. The van der Waals surface area contributed by atoms with E-state index in [9.17, 15) is 14.0 Å². The van der Waals surface area contributed by atoms with Crippen molar-refractivity contribution in [1.29, 1.82) is 0 Å². The van der Waals surface area contributed by atoms with Gasteiger partial charge in [-0.2, -0.15) is 5.10 Å². The van der Waals surface area contributed by atoms with E-state index in [1.807, 2.05) is 18.2 Å². The van der Waals surface area contributed by atoms with Gasteiger partial charge in [0.05, 0.1) is 5.69 Å². The van der Waals surface area contributed by atoms with Crippen LogP contribution in [0.1, 0.15) is 47.1 Å². The van der Waals surface area contributed by atoms with Gasteiger partial charge in [-0.1, -0.05) is 12.1 Å². The lowest BCUT2D eigenvalue weighted by Crippen LogP contribution is -2.24. The van der Waals surface area contributed by atoms with Crippen molar-refractivity contribution in [2.24, 2.45) is 0 Å². The Morgan fingerprint density at radius 1 is 1.10 bits per heavy atom. The first-order valence-corrected chi connectivity index (χ1v) is 10.0. The van der Waals surface area contributed by atoms with Crippen LogP contribution in [0.3, 0.4) is 0 Å². The van der Waals surface area contributed by atoms with E-state index in [2.05, 4.69) is 15.7 Å². The lowest BCUT2D eigenvalue weighted by Gasteiger charge is -2.14. The molecule has 3 aromatic rings. The molecule has 7 heteroatoms. The first kappa shape index (κ1) is 19.8. The van der Waals surface area contributed by atoms with Gasteiger partial charge in [-0.25, -0.2) is 9.07 Å². The Morgan fingerprint density at radius 2 is 1.87 bits per heavy atom. The molecule has 0 unspecified atom stereocenters. The SMILES string of the molecule is CC(=O)Nc1cccc(CNC(=O)c2nn(-c3ccc(F)cc3)c3c2CCCC3)c1. The molecule has 6 nitrogen and oxygen atoms in total. The zero-order valence-corrected chi connectivity index (χ0v) is 16.7. The van der Waals surface area contributed by atoms with Crippen molar-refractivity contribution in [2.45, 2.75) is 39.2 Å². The molecule has 2 N–H and O–H groups in total. The van der Waals surface area contributed by atoms with Crippen LogP contribution in [0.5, 0.6) is 0 Å². The number of rotatable bonds is 5. The number of nitrogens with zero attached hydrogens (tertiary/aromatic N) is 2. The molecule has 0 radical (unpaired) electrons. The first-order valence-electron chi connectivity index (χ1n) is 10.0. The maximum Gasteiger partial charge on any atom is 0.272 e. The third-order valence-corrected chi connectivity index (χ3v) is 5.17. The molecule has 1 heterocycles. The highest BCUT2D eigenvalue weighted by Gasteiger charge is 2.25. The summed E-state index contributed by atoms with van der Waals surface area (Å²) in [5.41, 5.74) is 4.72. The largest absolute Gasteiger partial charge is 0.347 e. The molecule has 1 aromatic heterocycles. The van der Waals surface area contributed by atoms with Gasteiger partial charge in [-0.3, -0.25) is 9.59 Å². The van der Waals surface area contributed by atoms with Crippen LogP contribution in [-0.4, -0.2) is 21.6 Å². The van der Waals surface area contributed by atoms with Crippen LogP contribution in [-0.2, 0) is 24.2 Å². The van der Waals surface area contributed by atoms with Crippen molar-refractivity contribution < 1.29 is 14.0 Å². The van der Waals surface area contributed by atoms with E-state index >= 15 is 0 Å². The predicted molar refractivity (Wildman–Crippen MR) is 112 cm³/mol. The Hall–Kier alpha value is -3.48. The first-order chi connectivity index (χ1) is 14.5. The van der Waals surface area contributed by atoms with Crippen molar-refractivity contribution >= 4 is 17.5 Å². The molecule has 1 aliphatic rings. The lowest BCUT2D eigenvalue weighted by molar-refractivity contribution is -0.114. The van der Waals surface area contributed by atoms with Crippen LogP contribution < -0.4 is 10.6 Å². The lowest BCUT2D eigenvalue weighted by atomic mass is 9.95. The number of carbonyl (C=O) groups is 2. The van der Waals surface area contributed by atoms with E-state index in [4.69, 9.17) is 0 Å². The predicted octanol–water partition coefficient (Wildman–Crippen LogP) is 3.78. The number of hydrogen-bond donors (Lipinski definition) is 2. The van der Waals surface area contributed by atoms with Gasteiger partial charge in [0.2, 0.25) is 5.91 Å². The van der Waals surface area contributed by atoms with Gasteiger partial charge in [0, 0.05) is 30.4 Å². The Labute approximate surface area is 174 Å². The molecule has 0 spiro atoms. The number of carbonyl (C=O) groups excluding carboxylic acids is 2. The van der Waals surface area contributed by atoms with E-state index in [1.165, 1.54) is 19.1 Å². The van der Waals surface area contributed by atoms with Gasteiger partial charge >= 0.3 is 0 Å². The topological polar surface area (TPSA) is 76.0 Å². The van der Waals surface area contributed by atoms with E-state index in [-0.39, 0.29) is 17.6 Å². The fraction of sp³-hybridized carbons (Fsp3) is 0.261. The minimum atomic E-state index is -0.306. The summed E-state index contributed by atoms with van der Waals surface area (Å²) in [4.78, 5) is 24.2. The number of hydrogen-bond acceptors (Lipinski definition) is 3. The summed E-state index contributed by atoms with van der Waals surface area (Å²) in [6, 6.07) is 13.5. The summed E-state index contributed by atoms with van der Waals surface area (Å²) in [7, 11) is 0. The molecule has 1 aliphatic carbocycles. The Balaban J connectivity index is 1.56. The third kappa shape index (κ3) is 4.25. The zero-order chi connectivity index (χ0) is 21.1. The van der Waals surface area contributed by atoms with Crippen LogP contribution in [0.4, 0.5) is 10.1 Å². The average molecular weight is 406 g/mol. The van der Waals surface area contributed by atoms with Gasteiger partial charge in [0.1, 0.15) is 5.82 Å². The zero-order valence-electron chi connectivity index (χ0n) is 16.7. The minimum Gasteiger partial charge on any atom is -0.347 e. The van der Waals surface area contributed by atoms with Crippen LogP contribution in [0, 0.1) is 5.82 Å². The van der Waals surface area contributed by atoms with Crippen molar-refractivity contribution in [3.63, 3.8) is 0 Å². The number of nitrogens with one attached hydrogen (secondary N) is 2. The molecule has 2 aromatic carbocycles. The number of fused-ring (bicyclic) bond motifs is 1. The molecule has 0 fully saturated rings. The summed E-state index contributed by atoms with van der Waals surface area (Å²) in [6.45, 7) is 1.78.